The van der Waals surface area contributed by atoms with Gasteiger partial charge in [-0.2, -0.15) is 4.68 Å². The maximum absolute atomic E-state index is 6.06. The first-order chi connectivity index (χ1) is 15.3. The van der Waals surface area contributed by atoms with Gasteiger partial charge in [0.1, 0.15) is 12.4 Å². The summed E-state index contributed by atoms with van der Waals surface area (Å²) in [6, 6.07) is 26.2. The monoisotopic (exact) mass is 495 g/mol. The topological polar surface area (TPSA) is 64.9 Å². The van der Waals surface area contributed by atoms with E-state index in [1.165, 1.54) is 0 Å². The van der Waals surface area contributed by atoms with Gasteiger partial charge in [-0.25, -0.2) is 0 Å². The van der Waals surface area contributed by atoms with Crippen LogP contribution >= 0.6 is 27.7 Å². The number of rotatable bonds is 10. The molecule has 4 rings (SSSR count). The van der Waals surface area contributed by atoms with Gasteiger partial charge in [0.25, 0.3) is 0 Å². The smallest absolute Gasteiger partial charge is 0.214 e. The first-order valence-electron chi connectivity index (χ1n) is 9.92. The van der Waals surface area contributed by atoms with Crippen molar-refractivity contribution >= 4 is 27.7 Å². The Bertz CT molecular complexity index is 1090. The average molecular weight is 496 g/mol. The molecule has 3 aromatic carbocycles. The summed E-state index contributed by atoms with van der Waals surface area (Å²) in [4.78, 5) is 0. The Morgan fingerprint density at radius 1 is 0.968 bits per heavy atom. The molecule has 1 aromatic heterocycles. The molecule has 0 saturated carbocycles. The summed E-state index contributed by atoms with van der Waals surface area (Å²) in [5.74, 6) is 1.74. The molecule has 1 heterocycles. The molecule has 158 valence electrons. The Hall–Kier alpha value is -2.68. The predicted octanol–water partition coefficient (Wildman–Crippen LogP) is 4.89. The Balaban J connectivity index is 1.28. The molecule has 0 radical (unpaired) electrons. The minimum absolute atomic E-state index is 0.549. The van der Waals surface area contributed by atoms with Crippen LogP contribution in [0.15, 0.2) is 88.5 Å². The lowest BCUT2D eigenvalue weighted by Crippen LogP contribution is -2.17. The van der Waals surface area contributed by atoms with E-state index in [0.29, 0.717) is 13.2 Å². The molecule has 0 spiro atoms. The minimum atomic E-state index is 0.549. The summed E-state index contributed by atoms with van der Waals surface area (Å²) in [6.07, 6.45) is 0. The molecule has 0 aliphatic carbocycles. The Labute approximate surface area is 194 Å². The van der Waals surface area contributed by atoms with Gasteiger partial charge in [0.2, 0.25) is 5.16 Å². The predicted molar refractivity (Wildman–Crippen MR) is 127 cm³/mol. The van der Waals surface area contributed by atoms with Gasteiger partial charge in [0.05, 0.1) is 5.69 Å². The van der Waals surface area contributed by atoms with Crippen molar-refractivity contribution in [1.29, 1.82) is 0 Å². The summed E-state index contributed by atoms with van der Waals surface area (Å²) in [5.41, 5.74) is 3.22. The molecule has 8 heteroatoms. The van der Waals surface area contributed by atoms with E-state index in [1.54, 1.807) is 16.4 Å². The number of halogens is 1. The molecule has 6 nitrogen and oxygen atoms in total. The third-order valence-corrected chi connectivity index (χ3v) is 5.94. The highest BCUT2D eigenvalue weighted by Gasteiger charge is 2.09. The second-order valence-electron chi connectivity index (χ2n) is 6.76. The average Bonchev–Trinajstić information content (AvgIpc) is 3.28. The van der Waals surface area contributed by atoms with E-state index in [0.717, 1.165) is 44.5 Å². The number of tetrazole rings is 1. The first kappa shape index (κ1) is 21.5. The molecule has 0 atom stereocenters. The fraction of sp³-hybridized carbons (Fsp3) is 0.174. The van der Waals surface area contributed by atoms with Crippen LogP contribution in [-0.2, 0) is 13.2 Å². The van der Waals surface area contributed by atoms with Crippen LogP contribution < -0.4 is 10.1 Å². The van der Waals surface area contributed by atoms with Crippen molar-refractivity contribution in [2.75, 3.05) is 12.3 Å². The third kappa shape index (κ3) is 6.16. The van der Waals surface area contributed by atoms with E-state index in [9.17, 15) is 0 Å². The van der Waals surface area contributed by atoms with Crippen molar-refractivity contribution in [3.05, 3.63) is 94.5 Å². The Morgan fingerprint density at radius 2 is 1.74 bits per heavy atom. The fourth-order valence-corrected chi connectivity index (χ4v) is 4.20. The van der Waals surface area contributed by atoms with E-state index in [2.05, 4.69) is 55.0 Å². The fourth-order valence-electron chi connectivity index (χ4n) is 3.00. The van der Waals surface area contributed by atoms with Crippen molar-refractivity contribution in [3.63, 3.8) is 0 Å². The number of ether oxygens (including phenoxy) is 1. The number of hydrogen-bond donors (Lipinski definition) is 1. The van der Waals surface area contributed by atoms with Gasteiger partial charge in [-0.3, -0.25) is 0 Å². The quantitative estimate of drug-likeness (QED) is 0.249. The normalized spacial score (nSPS) is 10.9. The van der Waals surface area contributed by atoms with Crippen molar-refractivity contribution in [3.8, 4) is 11.4 Å². The number of nitrogens with one attached hydrogen (secondary N) is 1. The lowest BCUT2D eigenvalue weighted by molar-refractivity contribution is 0.302. The molecular weight excluding hydrogens is 474 g/mol. The summed E-state index contributed by atoms with van der Waals surface area (Å²) >= 11 is 5.18. The minimum Gasteiger partial charge on any atom is -0.489 e. The molecule has 31 heavy (non-hydrogen) atoms. The maximum Gasteiger partial charge on any atom is 0.214 e. The number of hydrogen-bond acceptors (Lipinski definition) is 6. The van der Waals surface area contributed by atoms with Crippen LogP contribution in [0.4, 0.5) is 0 Å². The van der Waals surface area contributed by atoms with Crippen LogP contribution in [0.5, 0.6) is 5.75 Å². The molecule has 0 amide bonds. The van der Waals surface area contributed by atoms with Gasteiger partial charge in [-0.1, -0.05) is 76.2 Å². The number of benzene rings is 3. The molecule has 0 aliphatic rings. The molecule has 0 unspecified atom stereocenters. The molecular formula is C23H22BrN5OS. The van der Waals surface area contributed by atoms with Gasteiger partial charge in [-0.15, -0.1) is 5.10 Å². The van der Waals surface area contributed by atoms with Gasteiger partial charge in [0.15, 0.2) is 0 Å². The lowest BCUT2D eigenvalue weighted by Gasteiger charge is -2.13. The largest absolute Gasteiger partial charge is 0.489 e. The number of thioether (sulfide) groups is 1. The zero-order valence-corrected chi connectivity index (χ0v) is 19.2. The van der Waals surface area contributed by atoms with E-state index >= 15 is 0 Å². The second kappa shape index (κ2) is 11.1. The van der Waals surface area contributed by atoms with Gasteiger partial charge >= 0.3 is 0 Å². The molecule has 0 aliphatic heterocycles. The van der Waals surface area contributed by atoms with E-state index < -0.39 is 0 Å². The number of aromatic nitrogens is 4. The summed E-state index contributed by atoms with van der Waals surface area (Å²) in [7, 11) is 0. The number of nitrogens with zero attached hydrogens (tertiary/aromatic N) is 4. The molecule has 0 bridgehead atoms. The standard InChI is InChI=1S/C23H22BrN5OS/c24-20-11-12-22(30-17-18-7-3-1-4-8-18)19(15-20)16-25-13-14-31-23-26-27-28-29(23)21-9-5-2-6-10-21/h1-12,15,25H,13-14,16-17H2. The molecule has 4 aromatic rings. The van der Waals surface area contributed by atoms with Crippen molar-refractivity contribution in [1.82, 2.24) is 25.5 Å². The van der Waals surface area contributed by atoms with Crippen molar-refractivity contribution in [2.45, 2.75) is 18.3 Å². The summed E-state index contributed by atoms with van der Waals surface area (Å²) in [6.45, 7) is 2.08. The highest BCUT2D eigenvalue weighted by molar-refractivity contribution is 9.10. The van der Waals surface area contributed by atoms with Crippen molar-refractivity contribution in [2.24, 2.45) is 0 Å². The van der Waals surface area contributed by atoms with E-state index in [1.807, 2.05) is 60.7 Å². The van der Waals surface area contributed by atoms with Crippen LogP contribution in [0.1, 0.15) is 11.1 Å². The second-order valence-corrected chi connectivity index (χ2v) is 8.74. The summed E-state index contributed by atoms with van der Waals surface area (Å²) in [5, 5.41) is 16.3. The van der Waals surface area contributed by atoms with Crippen LogP contribution in [0.25, 0.3) is 5.69 Å². The SMILES string of the molecule is Brc1ccc(OCc2ccccc2)c(CNCCSc2nnnn2-c2ccccc2)c1. The zero-order chi connectivity index (χ0) is 21.3. The molecule has 0 saturated heterocycles. The van der Waals surface area contributed by atoms with E-state index in [4.69, 9.17) is 4.74 Å². The van der Waals surface area contributed by atoms with Crippen LogP contribution in [0.3, 0.4) is 0 Å². The Morgan fingerprint density at radius 3 is 2.55 bits per heavy atom. The summed E-state index contributed by atoms with van der Waals surface area (Å²) < 4.78 is 8.86. The number of para-hydroxylation sites is 1. The van der Waals surface area contributed by atoms with E-state index in [-0.39, 0.29) is 0 Å². The third-order valence-electron chi connectivity index (χ3n) is 4.53. The van der Waals surface area contributed by atoms with Gasteiger partial charge in [0, 0.05) is 28.9 Å². The van der Waals surface area contributed by atoms with Crippen LogP contribution in [0.2, 0.25) is 0 Å². The zero-order valence-electron chi connectivity index (χ0n) is 16.8. The van der Waals surface area contributed by atoms with Gasteiger partial charge in [-0.05, 0) is 46.3 Å². The van der Waals surface area contributed by atoms with Gasteiger partial charge < -0.3 is 10.1 Å². The van der Waals surface area contributed by atoms with Crippen LogP contribution in [-0.4, -0.2) is 32.5 Å². The highest BCUT2D eigenvalue weighted by atomic mass is 79.9. The maximum atomic E-state index is 6.06. The van der Waals surface area contributed by atoms with Crippen LogP contribution in [0, 0.1) is 0 Å². The van der Waals surface area contributed by atoms with Crippen molar-refractivity contribution < 1.29 is 4.74 Å². The molecule has 0 fully saturated rings. The Kier molecular flexibility index (Phi) is 7.71. The molecule has 1 N–H and O–H groups in total. The first-order valence-corrected chi connectivity index (χ1v) is 11.7. The highest BCUT2D eigenvalue weighted by Crippen LogP contribution is 2.24. The lowest BCUT2D eigenvalue weighted by atomic mass is 10.2.